The van der Waals surface area contributed by atoms with Crippen LogP contribution in [0.2, 0.25) is 0 Å². The van der Waals surface area contributed by atoms with Crippen molar-refractivity contribution in [3.63, 3.8) is 0 Å². The Morgan fingerprint density at radius 1 is 0.927 bits per heavy atom. The maximum Gasteiger partial charge on any atom is 0.341 e. The Labute approximate surface area is 240 Å². The molecule has 0 radical (unpaired) electrons. The number of methoxy groups -OCH3 is 2. The SMILES string of the molecule is COC(OC)[C@H]1C(C(=O)NS(=O)(=O)c2ccc(C)cc2)=C2OC[C@H](C(C)C)N2C(=O)N1S(=O)(=O)c1ccc(C)cc1. The van der Waals surface area contributed by atoms with Gasteiger partial charge in [0, 0.05) is 14.2 Å². The molecule has 0 unspecified atom stereocenters. The average molecular weight is 608 g/mol. The molecule has 222 valence electrons. The highest BCUT2D eigenvalue weighted by Gasteiger charge is 2.56. The summed E-state index contributed by atoms with van der Waals surface area (Å²) < 4.78 is 73.7. The maximum atomic E-state index is 14.1. The molecular formula is C27H33N3O9S2. The van der Waals surface area contributed by atoms with Gasteiger partial charge in [0.05, 0.1) is 15.8 Å². The number of ether oxygens (including phenoxy) is 3. The molecule has 0 bridgehead atoms. The standard InChI is InChI=1S/C27H33N3O9S2/c1-16(2)21-15-39-25-22(24(31)28-40(33,34)19-11-7-17(3)8-12-19)23(26(37-5)38-6)30(27(32)29(21)25)41(35,36)20-13-9-18(4)10-14-20/h7-14,16,21,23,26H,15H2,1-6H3,(H,28,31)/t21-,23-/m1/s1. The second kappa shape index (κ2) is 11.4. The van der Waals surface area contributed by atoms with Gasteiger partial charge in [-0.15, -0.1) is 0 Å². The van der Waals surface area contributed by atoms with Gasteiger partial charge in [0.25, 0.3) is 26.0 Å². The molecule has 0 aliphatic carbocycles. The van der Waals surface area contributed by atoms with Crippen molar-refractivity contribution in [2.24, 2.45) is 5.92 Å². The zero-order chi connectivity index (χ0) is 30.3. The van der Waals surface area contributed by atoms with Crippen molar-refractivity contribution >= 4 is 32.0 Å². The first-order valence-corrected chi connectivity index (χ1v) is 15.7. The van der Waals surface area contributed by atoms with E-state index in [1.165, 1.54) is 38.5 Å². The summed E-state index contributed by atoms with van der Waals surface area (Å²) in [5, 5.41) is 0. The molecule has 0 saturated carbocycles. The van der Waals surface area contributed by atoms with Crippen molar-refractivity contribution in [1.82, 2.24) is 13.9 Å². The normalized spacial score (nSPS) is 19.6. The topological polar surface area (TPSA) is 149 Å². The van der Waals surface area contributed by atoms with Gasteiger partial charge in [-0.1, -0.05) is 49.2 Å². The van der Waals surface area contributed by atoms with Crippen molar-refractivity contribution in [2.75, 3.05) is 20.8 Å². The Kier molecular flexibility index (Phi) is 8.50. The van der Waals surface area contributed by atoms with E-state index in [0.717, 1.165) is 16.0 Å². The first-order chi connectivity index (χ1) is 19.2. The second-order valence-corrected chi connectivity index (χ2v) is 13.6. The van der Waals surface area contributed by atoms with Gasteiger partial charge in [0.2, 0.25) is 5.88 Å². The highest BCUT2D eigenvalue weighted by molar-refractivity contribution is 7.90. The minimum Gasteiger partial charge on any atom is -0.476 e. The van der Waals surface area contributed by atoms with Crippen LogP contribution in [0.4, 0.5) is 4.79 Å². The Morgan fingerprint density at radius 2 is 1.44 bits per heavy atom. The molecule has 0 spiro atoms. The van der Waals surface area contributed by atoms with Gasteiger partial charge in [-0.2, -0.15) is 0 Å². The molecule has 2 aromatic carbocycles. The van der Waals surface area contributed by atoms with Crippen molar-refractivity contribution in [2.45, 2.75) is 55.9 Å². The summed E-state index contributed by atoms with van der Waals surface area (Å²) in [5.74, 6) is -1.67. The summed E-state index contributed by atoms with van der Waals surface area (Å²) in [6.07, 6.45) is -1.50. The number of fused-ring (bicyclic) bond motifs is 1. The van der Waals surface area contributed by atoms with Crippen LogP contribution in [0.3, 0.4) is 0 Å². The van der Waals surface area contributed by atoms with Gasteiger partial charge in [0.15, 0.2) is 6.29 Å². The first-order valence-electron chi connectivity index (χ1n) is 12.7. The lowest BCUT2D eigenvalue weighted by molar-refractivity contribution is -0.134. The number of aryl methyl sites for hydroxylation is 2. The molecule has 1 fully saturated rings. The summed E-state index contributed by atoms with van der Waals surface area (Å²) in [7, 11) is -6.64. The summed E-state index contributed by atoms with van der Waals surface area (Å²) in [6, 6.07) is 8.24. The van der Waals surface area contributed by atoms with E-state index in [0.29, 0.717) is 4.31 Å². The third-order valence-electron chi connectivity index (χ3n) is 6.99. The second-order valence-electron chi connectivity index (χ2n) is 10.1. The zero-order valence-corrected chi connectivity index (χ0v) is 25.2. The molecule has 3 amide bonds. The number of sulfonamides is 2. The molecular weight excluding hydrogens is 574 g/mol. The molecule has 2 aliphatic rings. The average Bonchev–Trinajstić information content (AvgIpc) is 3.35. The predicted molar refractivity (Wildman–Crippen MR) is 147 cm³/mol. The Hall–Kier alpha value is -3.46. The third-order valence-corrected chi connectivity index (χ3v) is 10.1. The largest absolute Gasteiger partial charge is 0.476 e. The number of amides is 3. The van der Waals surface area contributed by atoms with Crippen LogP contribution in [0.1, 0.15) is 25.0 Å². The van der Waals surface area contributed by atoms with Crippen LogP contribution in [0.25, 0.3) is 0 Å². The van der Waals surface area contributed by atoms with Crippen LogP contribution in [-0.4, -0.2) is 77.2 Å². The van der Waals surface area contributed by atoms with Crippen molar-refractivity contribution in [3.05, 3.63) is 71.1 Å². The van der Waals surface area contributed by atoms with Crippen LogP contribution in [-0.2, 0) is 39.1 Å². The fourth-order valence-electron chi connectivity index (χ4n) is 4.72. The smallest absolute Gasteiger partial charge is 0.341 e. The van der Waals surface area contributed by atoms with Crippen LogP contribution >= 0.6 is 0 Å². The van der Waals surface area contributed by atoms with Crippen LogP contribution in [0.15, 0.2) is 69.8 Å². The molecule has 4 rings (SSSR count). The van der Waals surface area contributed by atoms with E-state index < -0.39 is 55.9 Å². The first kappa shape index (κ1) is 30.5. The monoisotopic (exact) mass is 607 g/mol. The van der Waals surface area contributed by atoms with Gasteiger partial charge in [-0.25, -0.2) is 30.7 Å². The van der Waals surface area contributed by atoms with E-state index in [2.05, 4.69) is 0 Å². The highest BCUT2D eigenvalue weighted by atomic mass is 32.2. The van der Waals surface area contributed by atoms with Gasteiger partial charge >= 0.3 is 6.03 Å². The fourth-order valence-corrected chi connectivity index (χ4v) is 7.19. The lowest BCUT2D eigenvalue weighted by Gasteiger charge is -2.42. The van der Waals surface area contributed by atoms with E-state index in [4.69, 9.17) is 14.2 Å². The van der Waals surface area contributed by atoms with Gasteiger partial charge < -0.3 is 14.2 Å². The molecule has 2 heterocycles. The number of nitrogens with zero attached hydrogens (tertiary/aromatic N) is 2. The molecule has 41 heavy (non-hydrogen) atoms. The van der Waals surface area contributed by atoms with Crippen molar-refractivity contribution < 1.29 is 40.6 Å². The highest BCUT2D eigenvalue weighted by Crippen LogP contribution is 2.40. The lowest BCUT2D eigenvalue weighted by atomic mass is 10.0. The van der Waals surface area contributed by atoms with Gasteiger partial charge in [-0.3, -0.25) is 9.69 Å². The molecule has 12 nitrogen and oxygen atoms in total. The summed E-state index contributed by atoms with van der Waals surface area (Å²) >= 11 is 0. The molecule has 1 N–H and O–H groups in total. The minimum absolute atomic E-state index is 0.0456. The number of rotatable bonds is 9. The van der Waals surface area contributed by atoms with E-state index in [9.17, 15) is 26.4 Å². The predicted octanol–water partition coefficient (Wildman–Crippen LogP) is 2.49. The molecule has 2 atom stereocenters. The van der Waals surface area contributed by atoms with Crippen molar-refractivity contribution in [1.29, 1.82) is 0 Å². The van der Waals surface area contributed by atoms with E-state index in [1.807, 2.05) is 18.6 Å². The van der Waals surface area contributed by atoms with Crippen LogP contribution in [0, 0.1) is 19.8 Å². The molecule has 2 aliphatic heterocycles. The minimum atomic E-state index is -4.63. The van der Waals surface area contributed by atoms with E-state index in [-0.39, 0.29) is 28.2 Å². The summed E-state index contributed by atoms with van der Waals surface area (Å²) in [6.45, 7) is 7.13. The Balaban J connectivity index is 1.93. The molecule has 1 saturated heterocycles. The lowest BCUT2D eigenvalue weighted by Crippen LogP contribution is -2.62. The van der Waals surface area contributed by atoms with E-state index >= 15 is 0 Å². The zero-order valence-electron chi connectivity index (χ0n) is 23.5. The molecule has 14 heteroatoms. The number of benzene rings is 2. The number of carbonyl (C=O) groups is 2. The number of hydrogen-bond donors (Lipinski definition) is 1. The number of urea groups is 1. The van der Waals surface area contributed by atoms with Gasteiger partial charge in [-0.05, 0) is 44.0 Å². The van der Waals surface area contributed by atoms with Crippen LogP contribution in [0.5, 0.6) is 0 Å². The Morgan fingerprint density at radius 3 is 1.93 bits per heavy atom. The van der Waals surface area contributed by atoms with E-state index in [1.54, 1.807) is 38.1 Å². The molecule has 2 aromatic rings. The third kappa shape index (κ3) is 5.56. The maximum absolute atomic E-state index is 14.1. The van der Waals surface area contributed by atoms with Crippen LogP contribution < -0.4 is 4.72 Å². The van der Waals surface area contributed by atoms with Crippen molar-refractivity contribution in [3.8, 4) is 0 Å². The number of carbonyl (C=O) groups excluding carboxylic acids is 2. The summed E-state index contributed by atoms with van der Waals surface area (Å²) in [4.78, 5) is 28.6. The number of hydrogen-bond acceptors (Lipinski definition) is 9. The summed E-state index contributed by atoms with van der Waals surface area (Å²) in [5.41, 5.74) is 1.14. The van der Waals surface area contributed by atoms with Gasteiger partial charge in [0.1, 0.15) is 18.2 Å². The molecule has 0 aromatic heterocycles. The fraction of sp³-hybridized carbons (Fsp3) is 0.407. The Bertz CT molecular complexity index is 1560. The quantitative estimate of drug-likeness (QED) is 0.425. The number of nitrogens with one attached hydrogen (secondary N) is 1.